The topological polar surface area (TPSA) is 24.5 Å². The molecule has 1 heterocycles. The van der Waals surface area contributed by atoms with Crippen molar-refractivity contribution in [2.24, 2.45) is 0 Å². The Morgan fingerprint density at radius 1 is 0.958 bits per heavy atom. The maximum absolute atomic E-state index is 13.0. The van der Waals surface area contributed by atoms with Crippen LogP contribution >= 0.6 is 12.4 Å². The SMILES string of the molecule is Cl.FCC[C@@H](c1ccc(Oc2ccccc2)cc1)N1CCNCC1. The highest BCUT2D eigenvalue weighted by Gasteiger charge is 2.21. The molecule has 0 amide bonds. The lowest BCUT2D eigenvalue weighted by Crippen LogP contribution is -2.45. The van der Waals surface area contributed by atoms with Gasteiger partial charge in [0.15, 0.2) is 0 Å². The van der Waals surface area contributed by atoms with E-state index in [2.05, 4.69) is 22.3 Å². The summed E-state index contributed by atoms with van der Waals surface area (Å²) in [4.78, 5) is 2.36. The maximum atomic E-state index is 13.0. The molecule has 0 saturated carbocycles. The maximum Gasteiger partial charge on any atom is 0.127 e. The van der Waals surface area contributed by atoms with Crippen molar-refractivity contribution in [1.29, 1.82) is 0 Å². The standard InChI is InChI=1S/C19H23FN2O.ClH/c20-11-10-19(22-14-12-21-13-15-22)16-6-8-18(9-7-16)23-17-4-2-1-3-5-17;/h1-9,19,21H,10-15H2;1H/t19-;/m0./s1. The molecule has 1 fully saturated rings. The Morgan fingerprint density at radius 3 is 2.21 bits per heavy atom. The first-order chi connectivity index (χ1) is 11.4. The number of para-hydroxylation sites is 1. The van der Waals surface area contributed by atoms with Crippen LogP contribution < -0.4 is 10.1 Å². The monoisotopic (exact) mass is 350 g/mol. The van der Waals surface area contributed by atoms with Crippen molar-refractivity contribution in [2.75, 3.05) is 32.9 Å². The number of nitrogens with zero attached hydrogens (tertiary/aromatic N) is 1. The number of benzene rings is 2. The van der Waals surface area contributed by atoms with Crippen molar-refractivity contribution < 1.29 is 9.13 Å². The van der Waals surface area contributed by atoms with Crippen molar-refractivity contribution in [3.05, 3.63) is 60.2 Å². The molecule has 0 radical (unpaired) electrons. The Kier molecular flexibility index (Phi) is 7.50. The van der Waals surface area contributed by atoms with E-state index in [-0.39, 0.29) is 25.1 Å². The summed E-state index contributed by atoms with van der Waals surface area (Å²) in [5.74, 6) is 1.63. The summed E-state index contributed by atoms with van der Waals surface area (Å²) in [6.07, 6.45) is 0.541. The van der Waals surface area contributed by atoms with Crippen LogP contribution in [0.2, 0.25) is 0 Å². The van der Waals surface area contributed by atoms with E-state index < -0.39 is 0 Å². The minimum atomic E-state index is -0.295. The normalized spacial score (nSPS) is 16.2. The number of hydrogen-bond acceptors (Lipinski definition) is 3. The molecule has 0 bridgehead atoms. The molecule has 5 heteroatoms. The van der Waals surface area contributed by atoms with Crippen LogP contribution in [0.5, 0.6) is 11.5 Å². The molecule has 1 N–H and O–H groups in total. The van der Waals surface area contributed by atoms with Crippen LogP contribution in [0, 0.1) is 0 Å². The second kappa shape index (κ2) is 9.62. The van der Waals surface area contributed by atoms with Crippen molar-refractivity contribution in [1.82, 2.24) is 10.2 Å². The van der Waals surface area contributed by atoms with Crippen LogP contribution in [0.1, 0.15) is 18.0 Å². The average molecular weight is 351 g/mol. The van der Waals surface area contributed by atoms with Crippen molar-refractivity contribution in [3.8, 4) is 11.5 Å². The van der Waals surface area contributed by atoms with Gasteiger partial charge in [0.25, 0.3) is 0 Å². The van der Waals surface area contributed by atoms with Gasteiger partial charge in [-0.2, -0.15) is 0 Å². The van der Waals surface area contributed by atoms with Crippen LogP contribution in [0.25, 0.3) is 0 Å². The molecule has 1 saturated heterocycles. The molecular weight excluding hydrogens is 327 g/mol. The van der Waals surface area contributed by atoms with Gasteiger partial charge in [-0.05, 0) is 36.2 Å². The Morgan fingerprint density at radius 2 is 1.58 bits per heavy atom. The number of ether oxygens (including phenoxy) is 1. The van der Waals surface area contributed by atoms with E-state index in [1.54, 1.807) is 0 Å². The summed E-state index contributed by atoms with van der Waals surface area (Å²) in [5, 5.41) is 3.34. The molecule has 0 aliphatic carbocycles. The predicted octanol–water partition coefficient (Wildman–Crippen LogP) is 4.21. The van der Waals surface area contributed by atoms with E-state index in [4.69, 9.17) is 4.74 Å². The fourth-order valence-corrected chi connectivity index (χ4v) is 3.04. The zero-order chi connectivity index (χ0) is 15.9. The molecule has 1 atom stereocenters. The Hall–Kier alpha value is -1.62. The smallest absolute Gasteiger partial charge is 0.127 e. The summed E-state index contributed by atoms with van der Waals surface area (Å²) in [5.41, 5.74) is 1.16. The van der Waals surface area contributed by atoms with Crippen molar-refractivity contribution in [3.63, 3.8) is 0 Å². The van der Waals surface area contributed by atoms with Crippen LogP contribution in [0.3, 0.4) is 0 Å². The molecule has 3 rings (SSSR count). The van der Waals surface area contributed by atoms with Crippen LogP contribution in [0.15, 0.2) is 54.6 Å². The van der Waals surface area contributed by atoms with Gasteiger partial charge >= 0.3 is 0 Å². The van der Waals surface area contributed by atoms with E-state index in [0.29, 0.717) is 6.42 Å². The molecule has 0 unspecified atom stereocenters. The summed E-state index contributed by atoms with van der Waals surface area (Å²) in [6, 6.07) is 17.9. The lowest BCUT2D eigenvalue weighted by atomic mass is 10.0. The van der Waals surface area contributed by atoms with Gasteiger partial charge in [0.05, 0.1) is 6.67 Å². The first-order valence-corrected chi connectivity index (χ1v) is 8.20. The minimum absolute atomic E-state index is 0. The average Bonchev–Trinajstić information content (AvgIpc) is 2.62. The highest BCUT2D eigenvalue weighted by Crippen LogP contribution is 2.28. The van der Waals surface area contributed by atoms with E-state index in [9.17, 15) is 4.39 Å². The summed E-state index contributed by atoms with van der Waals surface area (Å²) in [6.45, 7) is 3.58. The third kappa shape index (κ3) is 4.94. The first-order valence-electron chi connectivity index (χ1n) is 8.20. The fourth-order valence-electron chi connectivity index (χ4n) is 3.04. The quantitative estimate of drug-likeness (QED) is 0.844. The molecular formula is C19H24ClFN2O. The van der Waals surface area contributed by atoms with Gasteiger partial charge in [-0.25, -0.2) is 0 Å². The molecule has 0 aromatic heterocycles. The summed E-state index contributed by atoms with van der Waals surface area (Å²) >= 11 is 0. The molecule has 130 valence electrons. The number of rotatable bonds is 6. The van der Waals surface area contributed by atoms with Crippen LogP contribution in [-0.2, 0) is 0 Å². The number of hydrogen-bond donors (Lipinski definition) is 1. The Bertz CT molecular complexity index is 588. The third-order valence-electron chi connectivity index (χ3n) is 4.22. The summed E-state index contributed by atoms with van der Waals surface area (Å²) < 4.78 is 18.8. The molecule has 3 nitrogen and oxygen atoms in total. The van der Waals surface area contributed by atoms with Gasteiger partial charge in [-0.15, -0.1) is 12.4 Å². The molecule has 2 aromatic rings. The predicted molar refractivity (Wildman–Crippen MR) is 98.0 cm³/mol. The lowest BCUT2D eigenvalue weighted by molar-refractivity contribution is 0.157. The summed E-state index contributed by atoms with van der Waals surface area (Å²) in [7, 11) is 0. The van der Waals surface area contributed by atoms with E-state index in [0.717, 1.165) is 43.2 Å². The van der Waals surface area contributed by atoms with Gasteiger partial charge in [0.1, 0.15) is 11.5 Å². The second-order valence-corrected chi connectivity index (χ2v) is 5.76. The van der Waals surface area contributed by atoms with Crippen LogP contribution in [0.4, 0.5) is 4.39 Å². The van der Waals surface area contributed by atoms with Gasteiger partial charge in [-0.1, -0.05) is 30.3 Å². The zero-order valence-electron chi connectivity index (χ0n) is 13.7. The molecule has 2 aromatic carbocycles. The highest BCUT2D eigenvalue weighted by atomic mass is 35.5. The molecule has 0 spiro atoms. The number of nitrogens with one attached hydrogen (secondary N) is 1. The van der Waals surface area contributed by atoms with Gasteiger partial charge < -0.3 is 10.1 Å². The van der Waals surface area contributed by atoms with Gasteiger partial charge in [-0.3, -0.25) is 9.29 Å². The largest absolute Gasteiger partial charge is 0.457 e. The third-order valence-corrected chi connectivity index (χ3v) is 4.22. The molecule has 1 aliphatic rings. The molecule has 24 heavy (non-hydrogen) atoms. The Balaban J connectivity index is 0.00000208. The number of halogens is 2. The van der Waals surface area contributed by atoms with E-state index in [1.165, 1.54) is 0 Å². The van der Waals surface area contributed by atoms with Crippen molar-refractivity contribution in [2.45, 2.75) is 12.5 Å². The highest BCUT2D eigenvalue weighted by molar-refractivity contribution is 5.85. The molecule has 1 aliphatic heterocycles. The Labute approximate surface area is 149 Å². The van der Waals surface area contributed by atoms with Crippen molar-refractivity contribution >= 4 is 12.4 Å². The van der Waals surface area contributed by atoms with Crippen LogP contribution in [-0.4, -0.2) is 37.8 Å². The zero-order valence-corrected chi connectivity index (χ0v) is 14.5. The van der Waals surface area contributed by atoms with Gasteiger partial charge in [0, 0.05) is 32.2 Å². The second-order valence-electron chi connectivity index (χ2n) is 5.76. The number of alkyl halides is 1. The minimum Gasteiger partial charge on any atom is -0.457 e. The number of piperazine rings is 1. The van der Waals surface area contributed by atoms with E-state index >= 15 is 0 Å². The fraction of sp³-hybridized carbons (Fsp3) is 0.368. The van der Waals surface area contributed by atoms with E-state index in [1.807, 2.05) is 42.5 Å². The lowest BCUT2D eigenvalue weighted by Gasteiger charge is -2.35. The van der Waals surface area contributed by atoms with Gasteiger partial charge in [0.2, 0.25) is 0 Å². The first kappa shape index (κ1) is 18.7.